The molecule has 3 rings (SSSR count). The van der Waals surface area contributed by atoms with Gasteiger partial charge in [0.25, 0.3) is 0 Å². The van der Waals surface area contributed by atoms with E-state index in [0.717, 1.165) is 39.5 Å². The van der Waals surface area contributed by atoms with E-state index in [2.05, 4.69) is 40.6 Å². The van der Waals surface area contributed by atoms with Gasteiger partial charge in [-0.25, -0.2) is 0 Å². The summed E-state index contributed by atoms with van der Waals surface area (Å²) in [6.07, 6.45) is 3.76. The van der Waals surface area contributed by atoms with E-state index in [0.29, 0.717) is 0 Å². The Morgan fingerprint density at radius 3 is 2.72 bits per heavy atom. The van der Waals surface area contributed by atoms with Gasteiger partial charge in [0.1, 0.15) is 0 Å². The molecule has 0 aliphatic carbocycles. The first-order chi connectivity index (χ1) is 12.2. The van der Waals surface area contributed by atoms with E-state index in [1.807, 2.05) is 35.2 Å². The number of aryl methyl sites for hydroxylation is 2. The third-order valence-electron chi connectivity index (χ3n) is 3.62. The number of nitrogens with zero attached hydrogens (tertiary/aromatic N) is 4. The highest BCUT2D eigenvalue weighted by Gasteiger charge is 2.12. The molecule has 0 unspecified atom stereocenters. The van der Waals surface area contributed by atoms with Crippen LogP contribution >= 0.6 is 34.7 Å². The van der Waals surface area contributed by atoms with Gasteiger partial charge in [-0.3, -0.25) is 0 Å². The van der Waals surface area contributed by atoms with Crippen molar-refractivity contribution >= 4 is 40.9 Å². The molecule has 2 heterocycles. The molecule has 0 aliphatic heterocycles. The summed E-state index contributed by atoms with van der Waals surface area (Å²) in [4.78, 5) is 1.16. The minimum Gasteiger partial charge on any atom is -0.191 e. The van der Waals surface area contributed by atoms with Gasteiger partial charge in [0.15, 0.2) is 5.82 Å². The Kier molecular flexibility index (Phi) is 6.29. The minimum atomic E-state index is 0.748. The van der Waals surface area contributed by atoms with E-state index in [1.54, 1.807) is 23.1 Å². The van der Waals surface area contributed by atoms with Crippen LogP contribution < -0.4 is 0 Å². The third kappa shape index (κ3) is 4.71. The van der Waals surface area contributed by atoms with Crippen LogP contribution in [0.25, 0.3) is 0 Å². The minimum absolute atomic E-state index is 0.748. The number of hydrogen-bond donors (Lipinski definition) is 0. The maximum atomic E-state index is 5.94. The number of hydrogen-bond acceptors (Lipinski definition) is 5. The van der Waals surface area contributed by atoms with E-state index >= 15 is 0 Å². The van der Waals surface area contributed by atoms with Gasteiger partial charge in [0, 0.05) is 17.2 Å². The van der Waals surface area contributed by atoms with Crippen molar-refractivity contribution in [2.75, 3.05) is 0 Å². The Bertz CT molecular complexity index is 852. The standard InChI is InChI=1S/C18H19ClN4S2/c1-3-4-17-21-22-18(25-12-14-5-7-15(19)8-6-14)23(17)20-11-16-13(2)9-10-24-16/h5-11H,3-4,12H2,1-2H3/b20-11-. The van der Waals surface area contributed by atoms with Crippen molar-refractivity contribution in [3.63, 3.8) is 0 Å². The van der Waals surface area contributed by atoms with Gasteiger partial charge < -0.3 is 0 Å². The molecule has 0 saturated heterocycles. The molecule has 0 bridgehead atoms. The molecule has 3 aromatic rings. The van der Waals surface area contributed by atoms with Crippen molar-refractivity contribution in [3.05, 3.63) is 62.6 Å². The predicted molar refractivity (Wildman–Crippen MR) is 107 cm³/mol. The van der Waals surface area contributed by atoms with Crippen molar-refractivity contribution in [3.8, 4) is 0 Å². The normalized spacial score (nSPS) is 11.5. The van der Waals surface area contributed by atoms with Gasteiger partial charge in [0.05, 0.1) is 11.1 Å². The van der Waals surface area contributed by atoms with Gasteiger partial charge in [0.2, 0.25) is 5.16 Å². The predicted octanol–water partition coefficient (Wildman–Crippen LogP) is 5.43. The fourth-order valence-corrected chi connectivity index (χ4v) is 4.00. The van der Waals surface area contributed by atoms with E-state index in [-0.39, 0.29) is 0 Å². The van der Waals surface area contributed by atoms with Gasteiger partial charge in [-0.15, -0.1) is 21.5 Å². The first kappa shape index (κ1) is 18.2. The molecule has 130 valence electrons. The lowest BCUT2D eigenvalue weighted by Crippen LogP contribution is -2.00. The summed E-state index contributed by atoms with van der Waals surface area (Å²) in [5.74, 6) is 1.70. The summed E-state index contributed by atoms with van der Waals surface area (Å²) in [5.41, 5.74) is 2.42. The molecule has 1 aromatic carbocycles. The number of benzene rings is 1. The molecule has 2 aromatic heterocycles. The summed E-state index contributed by atoms with van der Waals surface area (Å²) in [5, 5.41) is 16.9. The Morgan fingerprint density at radius 2 is 2.04 bits per heavy atom. The average molecular weight is 391 g/mol. The van der Waals surface area contributed by atoms with Crippen molar-refractivity contribution in [1.82, 2.24) is 14.9 Å². The second-order valence-corrected chi connectivity index (χ2v) is 7.91. The highest BCUT2D eigenvalue weighted by atomic mass is 35.5. The van der Waals surface area contributed by atoms with E-state index in [1.165, 1.54) is 11.1 Å². The van der Waals surface area contributed by atoms with Gasteiger partial charge in [-0.05, 0) is 48.1 Å². The molecular weight excluding hydrogens is 372 g/mol. The molecule has 7 heteroatoms. The molecule has 0 saturated carbocycles. The summed E-state index contributed by atoms with van der Waals surface area (Å²) >= 11 is 9.26. The van der Waals surface area contributed by atoms with Crippen molar-refractivity contribution in [1.29, 1.82) is 0 Å². The quantitative estimate of drug-likeness (QED) is 0.399. The fraction of sp³-hybridized carbons (Fsp3) is 0.278. The van der Waals surface area contributed by atoms with E-state index < -0.39 is 0 Å². The highest BCUT2D eigenvalue weighted by molar-refractivity contribution is 7.98. The van der Waals surface area contributed by atoms with E-state index in [9.17, 15) is 0 Å². The van der Waals surface area contributed by atoms with Crippen LogP contribution in [0, 0.1) is 6.92 Å². The molecule has 0 aliphatic rings. The lowest BCUT2D eigenvalue weighted by Gasteiger charge is -2.04. The Morgan fingerprint density at radius 1 is 1.24 bits per heavy atom. The zero-order valence-electron chi connectivity index (χ0n) is 14.1. The highest BCUT2D eigenvalue weighted by Crippen LogP contribution is 2.23. The van der Waals surface area contributed by atoms with Gasteiger partial charge >= 0.3 is 0 Å². The Balaban J connectivity index is 1.80. The summed E-state index contributed by atoms with van der Waals surface area (Å²) in [6.45, 7) is 4.22. The van der Waals surface area contributed by atoms with Crippen LogP contribution in [-0.4, -0.2) is 21.1 Å². The summed E-state index contributed by atoms with van der Waals surface area (Å²) in [6, 6.07) is 9.97. The lowest BCUT2D eigenvalue weighted by atomic mass is 10.2. The number of halogens is 1. The Hall–Kier alpha value is -1.63. The van der Waals surface area contributed by atoms with Crippen molar-refractivity contribution in [2.24, 2.45) is 5.10 Å². The molecule has 25 heavy (non-hydrogen) atoms. The average Bonchev–Trinajstić information content (AvgIpc) is 3.19. The van der Waals surface area contributed by atoms with Crippen molar-refractivity contribution < 1.29 is 0 Å². The summed E-state index contributed by atoms with van der Waals surface area (Å²) in [7, 11) is 0. The second kappa shape index (κ2) is 8.65. The first-order valence-corrected chi connectivity index (χ1v) is 10.3. The van der Waals surface area contributed by atoms with Crippen LogP contribution in [0.3, 0.4) is 0 Å². The zero-order chi connectivity index (χ0) is 17.6. The lowest BCUT2D eigenvalue weighted by molar-refractivity contribution is 0.700. The molecular formula is C18H19ClN4S2. The van der Waals surface area contributed by atoms with Crippen molar-refractivity contribution in [2.45, 2.75) is 37.6 Å². The van der Waals surface area contributed by atoms with Crippen LogP contribution in [0.15, 0.2) is 46.0 Å². The first-order valence-electron chi connectivity index (χ1n) is 8.07. The molecule has 0 atom stereocenters. The molecule has 0 spiro atoms. The molecule has 0 radical (unpaired) electrons. The van der Waals surface area contributed by atoms with Crippen LogP contribution in [0.1, 0.15) is 35.2 Å². The third-order valence-corrected chi connectivity index (χ3v) is 5.82. The second-order valence-electron chi connectivity index (χ2n) is 5.59. The van der Waals surface area contributed by atoms with Gasteiger partial charge in [-0.1, -0.05) is 42.4 Å². The SMILES string of the molecule is CCCc1nnc(SCc2ccc(Cl)cc2)n1/N=C\c1sccc1C. The number of thiophene rings is 1. The monoisotopic (exact) mass is 390 g/mol. The molecule has 4 nitrogen and oxygen atoms in total. The maximum absolute atomic E-state index is 5.94. The van der Waals surface area contributed by atoms with E-state index in [4.69, 9.17) is 11.6 Å². The Labute approximate surface area is 160 Å². The maximum Gasteiger partial charge on any atom is 0.212 e. The smallest absolute Gasteiger partial charge is 0.191 e. The number of rotatable bonds is 7. The molecule has 0 amide bonds. The van der Waals surface area contributed by atoms with Crippen LogP contribution in [-0.2, 0) is 12.2 Å². The molecule has 0 fully saturated rings. The molecule has 0 N–H and O–H groups in total. The fourth-order valence-electron chi connectivity index (χ4n) is 2.24. The number of aromatic nitrogens is 3. The zero-order valence-corrected chi connectivity index (χ0v) is 16.5. The topological polar surface area (TPSA) is 43.1 Å². The largest absolute Gasteiger partial charge is 0.212 e. The van der Waals surface area contributed by atoms with Crippen LogP contribution in [0.4, 0.5) is 0 Å². The number of thioether (sulfide) groups is 1. The van der Waals surface area contributed by atoms with Crippen LogP contribution in [0.5, 0.6) is 0 Å². The van der Waals surface area contributed by atoms with Crippen LogP contribution in [0.2, 0.25) is 5.02 Å². The summed E-state index contributed by atoms with van der Waals surface area (Å²) < 4.78 is 1.86. The van der Waals surface area contributed by atoms with Gasteiger partial charge in [-0.2, -0.15) is 9.78 Å².